The standard InChI is InChI=1S/C11H9ClN2O3/c12-10-4-3-8(14(15)16)6-11(10)13-7-9-2-1-5-17-9/h1-6,13H,7H2. The summed E-state index contributed by atoms with van der Waals surface area (Å²) in [6, 6.07) is 7.82. The van der Waals surface area contributed by atoms with Crippen LogP contribution < -0.4 is 5.32 Å². The number of furan rings is 1. The van der Waals surface area contributed by atoms with Gasteiger partial charge in [-0.2, -0.15) is 0 Å². The first kappa shape index (κ1) is 11.5. The molecule has 0 saturated heterocycles. The highest BCUT2D eigenvalue weighted by molar-refractivity contribution is 6.33. The van der Waals surface area contributed by atoms with Crippen molar-refractivity contribution in [2.45, 2.75) is 6.54 Å². The second-order valence-corrected chi connectivity index (χ2v) is 3.76. The fraction of sp³-hybridized carbons (Fsp3) is 0.0909. The molecule has 0 radical (unpaired) electrons. The Hall–Kier alpha value is -2.01. The van der Waals surface area contributed by atoms with Crippen molar-refractivity contribution in [1.82, 2.24) is 0 Å². The van der Waals surface area contributed by atoms with Crippen LogP contribution >= 0.6 is 11.6 Å². The van der Waals surface area contributed by atoms with E-state index in [4.69, 9.17) is 16.0 Å². The first-order chi connectivity index (χ1) is 8.16. The third-order valence-electron chi connectivity index (χ3n) is 2.19. The van der Waals surface area contributed by atoms with Gasteiger partial charge < -0.3 is 9.73 Å². The monoisotopic (exact) mass is 252 g/mol. The minimum atomic E-state index is -0.464. The van der Waals surface area contributed by atoms with E-state index in [1.54, 1.807) is 18.4 Å². The van der Waals surface area contributed by atoms with Crippen molar-refractivity contribution in [3.8, 4) is 0 Å². The molecule has 1 aromatic carbocycles. The lowest BCUT2D eigenvalue weighted by molar-refractivity contribution is -0.384. The molecule has 17 heavy (non-hydrogen) atoms. The minimum absolute atomic E-state index is 0.00338. The molecule has 0 spiro atoms. The van der Waals surface area contributed by atoms with Gasteiger partial charge in [-0.3, -0.25) is 10.1 Å². The van der Waals surface area contributed by atoms with Crippen LogP contribution in [0.5, 0.6) is 0 Å². The Kier molecular flexibility index (Phi) is 3.30. The van der Waals surface area contributed by atoms with Crippen molar-refractivity contribution in [1.29, 1.82) is 0 Å². The summed E-state index contributed by atoms with van der Waals surface area (Å²) in [4.78, 5) is 10.1. The quantitative estimate of drug-likeness (QED) is 0.668. The number of nitrogens with one attached hydrogen (secondary N) is 1. The van der Waals surface area contributed by atoms with E-state index in [0.29, 0.717) is 17.3 Å². The summed E-state index contributed by atoms with van der Waals surface area (Å²) in [7, 11) is 0. The molecular weight excluding hydrogens is 244 g/mol. The predicted molar refractivity (Wildman–Crippen MR) is 64.1 cm³/mol. The molecule has 2 rings (SSSR count). The molecule has 0 atom stereocenters. The summed E-state index contributed by atoms with van der Waals surface area (Å²) in [5.74, 6) is 0.729. The number of hydrogen-bond donors (Lipinski definition) is 1. The highest BCUT2D eigenvalue weighted by Gasteiger charge is 2.09. The van der Waals surface area contributed by atoms with Crippen LogP contribution in [0, 0.1) is 10.1 Å². The molecule has 1 aromatic heterocycles. The average molecular weight is 253 g/mol. The molecule has 1 N–H and O–H groups in total. The van der Waals surface area contributed by atoms with Crippen molar-refractivity contribution in [2.75, 3.05) is 5.32 Å². The number of nitro benzene ring substituents is 1. The van der Waals surface area contributed by atoms with Crippen LogP contribution in [0.25, 0.3) is 0 Å². The van der Waals surface area contributed by atoms with Gasteiger partial charge in [0, 0.05) is 12.1 Å². The van der Waals surface area contributed by atoms with Gasteiger partial charge >= 0.3 is 0 Å². The lowest BCUT2D eigenvalue weighted by Gasteiger charge is -2.06. The lowest BCUT2D eigenvalue weighted by atomic mass is 10.2. The molecule has 0 unspecified atom stereocenters. The second-order valence-electron chi connectivity index (χ2n) is 3.35. The van der Waals surface area contributed by atoms with Gasteiger partial charge in [0.15, 0.2) is 0 Å². The predicted octanol–water partition coefficient (Wildman–Crippen LogP) is 3.45. The van der Waals surface area contributed by atoms with E-state index in [1.807, 2.05) is 0 Å². The summed E-state index contributed by atoms with van der Waals surface area (Å²) in [5.41, 5.74) is 0.508. The van der Waals surface area contributed by atoms with Crippen LogP contribution in [0.1, 0.15) is 5.76 Å². The lowest BCUT2D eigenvalue weighted by Crippen LogP contribution is -1.99. The Bertz CT molecular complexity index is 526. The van der Waals surface area contributed by atoms with Crippen molar-refractivity contribution in [2.24, 2.45) is 0 Å². The summed E-state index contributed by atoms with van der Waals surface area (Å²) in [5, 5.41) is 14.0. The molecule has 0 bridgehead atoms. The van der Waals surface area contributed by atoms with Crippen molar-refractivity contribution < 1.29 is 9.34 Å². The van der Waals surface area contributed by atoms with Crippen molar-refractivity contribution in [3.63, 3.8) is 0 Å². The first-order valence-electron chi connectivity index (χ1n) is 4.87. The Morgan fingerprint density at radius 1 is 1.41 bits per heavy atom. The highest BCUT2D eigenvalue weighted by atomic mass is 35.5. The van der Waals surface area contributed by atoms with Crippen LogP contribution in [0.2, 0.25) is 5.02 Å². The molecule has 88 valence electrons. The SMILES string of the molecule is O=[N+]([O-])c1ccc(Cl)c(NCc2ccco2)c1. The fourth-order valence-corrected chi connectivity index (χ4v) is 1.54. The molecule has 2 aromatic rings. The van der Waals surface area contributed by atoms with E-state index < -0.39 is 4.92 Å². The smallest absolute Gasteiger partial charge is 0.271 e. The number of benzene rings is 1. The van der Waals surface area contributed by atoms with Crippen LogP contribution in [0.3, 0.4) is 0 Å². The maximum Gasteiger partial charge on any atom is 0.271 e. The van der Waals surface area contributed by atoms with Crippen LogP contribution in [-0.2, 0) is 6.54 Å². The highest BCUT2D eigenvalue weighted by Crippen LogP contribution is 2.27. The number of nitrogens with zero attached hydrogens (tertiary/aromatic N) is 1. The third kappa shape index (κ3) is 2.76. The Labute approximate surface area is 102 Å². The second kappa shape index (κ2) is 4.88. The number of halogens is 1. The first-order valence-corrected chi connectivity index (χ1v) is 5.25. The van der Waals surface area contributed by atoms with E-state index in [-0.39, 0.29) is 5.69 Å². The van der Waals surface area contributed by atoms with Gasteiger partial charge in [-0.05, 0) is 18.2 Å². The van der Waals surface area contributed by atoms with Crippen LogP contribution in [0.4, 0.5) is 11.4 Å². The Balaban J connectivity index is 2.14. The van der Waals surface area contributed by atoms with E-state index in [1.165, 1.54) is 18.2 Å². The van der Waals surface area contributed by atoms with Gasteiger partial charge in [-0.15, -0.1) is 0 Å². The van der Waals surface area contributed by atoms with Crippen LogP contribution in [0.15, 0.2) is 41.0 Å². The number of rotatable bonds is 4. The zero-order valence-corrected chi connectivity index (χ0v) is 9.48. The summed E-state index contributed by atoms with van der Waals surface area (Å²) in [6.07, 6.45) is 1.56. The van der Waals surface area contributed by atoms with Crippen molar-refractivity contribution in [3.05, 3.63) is 57.5 Å². The Morgan fingerprint density at radius 3 is 2.88 bits per heavy atom. The molecule has 0 aliphatic carbocycles. The maximum atomic E-state index is 10.6. The van der Waals surface area contributed by atoms with Crippen LogP contribution in [-0.4, -0.2) is 4.92 Å². The van der Waals surface area contributed by atoms with Crippen molar-refractivity contribution >= 4 is 23.0 Å². The third-order valence-corrected chi connectivity index (χ3v) is 2.52. The number of non-ortho nitro benzene ring substituents is 1. The molecule has 0 fully saturated rings. The number of nitro groups is 1. The maximum absolute atomic E-state index is 10.6. The normalized spacial score (nSPS) is 10.2. The van der Waals surface area contributed by atoms with Gasteiger partial charge in [0.2, 0.25) is 0 Å². The zero-order valence-electron chi connectivity index (χ0n) is 8.72. The van der Waals surface area contributed by atoms with Gasteiger partial charge in [-0.1, -0.05) is 11.6 Å². The molecule has 0 amide bonds. The molecule has 0 saturated carbocycles. The van der Waals surface area contributed by atoms with Gasteiger partial charge in [0.25, 0.3) is 5.69 Å². The van der Waals surface area contributed by atoms with E-state index in [9.17, 15) is 10.1 Å². The largest absolute Gasteiger partial charge is 0.467 e. The van der Waals surface area contributed by atoms with E-state index in [0.717, 1.165) is 5.76 Å². The van der Waals surface area contributed by atoms with Gasteiger partial charge in [0.1, 0.15) is 5.76 Å². The average Bonchev–Trinajstić information content (AvgIpc) is 2.80. The summed E-state index contributed by atoms with van der Waals surface area (Å²) < 4.78 is 5.13. The fourth-order valence-electron chi connectivity index (χ4n) is 1.36. The van der Waals surface area contributed by atoms with E-state index >= 15 is 0 Å². The summed E-state index contributed by atoms with van der Waals surface area (Å²) >= 11 is 5.93. The van der Waals surface area contributed by atoms with Gasteiger partial charge in [-0.25, -0.2) is 0 Å². The molecule has 1 heterocycles. The Morgan fingerprint density at radius 2 is 2.24 bits per heavy atom. The molecular formula is C11H9ClN2O3. The molecule has 0 aliphatic heterocycles. The molecule has 6 heteroatoms. The molecule has 0 aliphatic rings. The summed E-state index contributed by atoms with van der Waals surface area (Å²) in [6.45, 7) is 0.424. The van der Waals surface area contributed by atoms with Gasteiger partial charge in [0.05, 0.1) is 28.4 Å². The topological polar surface area (TPSA) is 68.3 Å². The van der Waals surface area contributed by atoms with E-state index in [2.05, 4.69) is 5.32 Å². The minimum Gasteiger partial charge on any atom is -0.467 e. The zero-order chi connectivity index (χ0) is 12.3. The molecule has 5 nitrogen and oxygen atoms in total. The number of hydrogen-bond acceptors (Lipinski definition) is 4. The number of anilines is 1.